The van der Waals surface area contributed by atoms with E-state index in [0.717, 1.165) is 32.1 Å². The number of carboxylic acid groups (broad SMARTS) is 1. The van der Waals surface area contributed by atoms with Crippen LogP contribution in [0.15, 0.2) is 11.1 Å². The molecule has 4 aliphatic rings. The molecule has 0 aliphatic heterocycles. The Bertz CT molecular complexity index is 1130. The van der Waals surface area contributed by atoms with Gasteiger partial charge >= 0.3 is 17.9 Å². The highest BCUT2D eigenvalue weighted by Gasteiger charge is 2.74. The van der Waals surface area contributed by atoms with E-state index < -0.39 is 47.2 Å². The molecule has 0 bridgehead atoms. The molecular weight excluding hydrogens is 548 g/mol. The van der Waals surface area contributed by atoms with Gasteiger partial charge in [0.15, 0.2) is 0 Å². The predicted octanol–water partition coefficient (Wildman–Crippen LogP) is 5.92. The molecule has 0 saturated heterocycles. The van der Waals surface area contributed by atoms with Crippen LogP contribution in [0.2, 0.25) is 0 Å². The molecule has 0 aromatic rings. The summed E-state index contributed by atoms with van der Waals surface area (Å²) in [5.74, 6) is -2.28. The SMILES string of the molecule is CC(=O)OC1CC2(C)C(CCC3C4(C)CCC(O)C(C)C4C(OC(=O)C(C)C)C(O)C32C)/C1=C(\CCCC(C)C)C(=O)O. The van der Waals surface area contributed by atoms with Crippen LogP contribution in [0, 0.1) is 51.8 Å². The van der Waals surface area contributed by atoms with E-state index in [1.165, 1.54) is 6.92 Å². The number of fused-ring (bicyclic) bond motifs is 5. The maximum absolute atomic E-state index is 13.1. The first-order valence-electron chi connectivity index (χ1n) is 16.6. The van der Waals surface area contributed by atoms with E-state index in [0.29, 0.717) is 36.3 Å². The van der Waals surface area contributed by atoms with E-state index in [9.17, 15) is 29.7 Å². The van der Waals surface area contributed by atoms with Gasteiger partial charge < -0.3 is 24.8 Å². The van der Waals surface area contributed by atoms with Crippen molar-refractivity contribution < 1.29 is 39.2 Å². The Labute approximate surface area is 258 Å². The molecule has 4 rings (SSSR count). The average Bonchev–Trinajstić information content (AvgIpc) is 3.18. The van der Waals surface area contributed by atoms with Crippen LogP contribution in [0.5, 0.6) is 0 Å². The molecule has 0 aromatic carbocycles. The number of aliphatic carboxylic acids is 1. The summed E-state index contributed by atoms with van der Waals surface area (Å²) in [6.07, 6.45) is 2.25. The van der Waals surface area contributed by atoms with Crippen LogP contribution in [0.3, 0.4) is 0 Å². The number of carboxylic acids is 1. The van der Waals surface area contributed by atoms with Gasteiger partial charge in [-0.1, -0.05) is 61.8 Å². The maximum atomic E-state index is 13.1. The first kappa shape index (κ1) is 34.0. The number of aliphatic hydroxyl groups is 2. The van der Waals surface area contributed by atoms with Crippen molar-refractivity contribution in [1.29, 1.82) is 0 Å². The third kappa shape index (κ3) is 5.47. The molecule has 0 radical (unpaired) electrons. The second kappa shape index (κ2) is 12.1. The molecule has 4 fully saturated rings. The van der Waals surface area contributed by atoms with Gasteiger partial charge in [0.1, 0.15) is 12.2 Å². The zero-order valence-corrected chi connectivity index (χ0v) is 27.8. The van der Waals surface area contributed by atoms with E-state index >= 15 is 0 Å². The van der Waals surface area contributed by atoms with Gasteiger partial charge in [-0.2, -0.15) is 0 Å². The van der Waals surface area contributed by atoms with Gasteiger partial charge in [0.2, 0.25) is 0 Å². The summed E-state index contributed by atoms with van der Waals surface area (Å²) in [4.78, 5) is 38.3. The van der Waals surface area contributed by atoms with E-state index in [4.69, 9.17) is 9.47 Å². The summed E-state index contributed by atoms with van der Waals surface area (Å²) in [5.41, 5.74) is -0.671. The molecule has 11 unspecified atom stereocenters. The topological polar surface area (TPSA) is 130 Å². The van der Waals surface area contributed by atoms with Gasteiger partial charge in [0.25, 0.3) is 0 Å². The second-order valence-corrected chi connectivity index (χ2v) is 15.7. The van der Waals surface area contributed by atoms with E-state index in [2.05, 4.69) is 34.6 Å². The van der Waals surface area contributed by atoms with Gasteiger partial charge in [0.05, 0.1) is 18.1 Å². The number of carbonyl (C=O) groups is 3. The van der Waals surface area contributed by atoms with Crippen molar-refractivity contribution in [2.24, 2.45) is 51.8 Å². The molecule has 8 heteroatoms. The minimum Gasteiger partial charge on any atom is -0.478 e. The standard InChI is InChI=1S/C35H56O8/c1-18(2)11-10-12-22(31(39)40)27-23-13-14-26-33(7)16-15-24(37)20(5)28(33)29(43-32(41)19(3)4)30(38)35(26,9)34(23,8)17-25(27)42-21(6)36/h18-20,23-26,28-30,37-38H,10-17H2,1-9H3,(H,39,40)/b27-22-. The summed E-state index contributed by atoms with van der Waals surface area (Å²) in [6, 6.07) is 0. The van der Waals surface area contributed by atoms with Crippen molar-refractivity contribution in [3.63, 3.8) is 0 Å². The summed E-state index contributed by atoms with van der Waals surface area (Å²) in [5, 5.41) is 34.0. The zero-order valence-electron chi connectivity index (χ0n) is 27.8. The molecule has 43 heavy (non-hydrogen) atoms. The maximum Gasteiger partial charge on any atom is 0.331 e. The highest BCUT2D eigenvalue weighted by atomic mass is 16.6. The number of hydrogen-bond acceptors (Lipinski definition) is 7. The van der Waals surface area contributed by atoms with Crippen molar-refractivity contribution in [2.75, 3.05) is 0 Å². The van der Waals surface area contributed by atoms with Crippen LogP contribution in [-0.2, 0) is 23.9 Å². The van der Waals surface area contributed by atoms with Crippen molar-refractivity contribution in [3.8, 4) is 0 Å². The molecule has 4 aliphatic carbocycles. The third-order valence-electron chi connectivity index (χ3n) is 12.6. The Morgan fingerprint density at radius 3 is 2.21 bits per heavy atom. The van der Waals surface area contributed by atoms with Crippen LogP contribution in [0.25, 0.3) is 0 Å². The van der Waals surface area contributed by atoms with E-state index in [-0.39, 0.29) is 41.0 Å². The van der Waals surface area contributed by atoms with Crippen LogP contribution in [-0.4, -0.2) is 57.6 Å². The molecule has 244 valence electrons. The first-order valence-corrected chi connectivity index (χ1v) is 16.6. The lowest BCUT2D eigenvalue weighted by Gasteiger charge is -2.70. The highest BCUT2D eigenvalue weighted by molar-refractivity contribution is 5.88. The van der Waals surface area contributed by atoms with Crippen LogP contribution >= 0.6 is 0 Å². The van der Waals surface area contributed by atoms with Gasteiger partial charge in [-0.3, -0.25) is 9.59 Å². The Balaban J connectivity index is 1.88. The predicted molar refractivity (Wildman–Crippen MR) is 163 cm³/mol. The largest absolute Gasteiger partial charge is 0.478 e. The van der Waals surface area contributed by atoms with Crippen molar-refractivity contribution >= 4 is 17.9 Å². The van der Waals surface area contributed by atoms with E-state index in [1.807, 2.05) is 6.92 Å². The molecule has 4 saturated carbocycles. The van der Waals surface area contributed by atoms with Crippen molar-refractivity contribution in [3.05, 3.63) is 11.1 Å². The Kier molecular flexibility index (Phi) is 9.56. The number of aliphatic hydroxyl groups excluding tert-OH is 2. The molecule has 8 nitrogen and oxygen atoms in total. The van der Waals surface area contributed by atoms with E-state index in [1.54, 1.807) is 13.8 Å². The minimum absolute atomic E-state index is 0.0387. The van der Waals surface area contributed by atoms with Crippen LogP contribution in [0.1, 0.15) is 114 Å². The fourth-order valence-corrected chi connectivity index (χ4v) is 10.4. The smallest absolute Gasteiger partial charge is 0.331 e. The first-order chi connectivity index (χ1) is 19.9. The highest BCUT2D eigenvalue weighted by Crippen LogP contribution is 2.74. The fourth-order valence-electron chi connectivity index (χ4n) is 10.4. The lowest BCUT2D eigenvalue weighted by atomic mass is 9.35. The van der Waals surface area contributed by atoms with Gasteiger partial charge in [0, 0.05) is 23.8 Å². The zero-order chi connectivity index (χ0) is 32.2. The number of rotatable bonds is 8. The van der Waals surface area contributed by atoms with Crippen molar-refractivity contribution in [2.45, 2.75) is 138 Å². The molecule has 11 atom stereocenters. The quantitative estimate of drug-likeness (QED) is 0.230. The molecule has 0 aromatic heterocycles. The monoisotopic (exact) mass is 604 g/mol. The molecule has 3 N–H and O–H groups in total. The Morgan fingerprint density at radius 2 is 1.65 bits per heavy atom. The minimum atomic E-state index is -1.04. The summed E-state index contributed by atoms with van der Waals surface area (Å²) in [7, 11) is 0. The number of esters is 2. The average molecular weight is 605 g/mol. The van der Waals surface area contributed by atoms with Crippen LogP contribution < -0.4 is 0 Å². The number of carbonyl (C=O) groups excluding carboxylic acids is 2. The van der Waals surface area contributed by atoms with Gasteiger partial charge in [-0.25, -0.2) is 4.79 Å². The molecule has 0 spiro atoms. The van der Waals surface area contributed by atoms with Crippen LogP contribution in [0.4, 0.5) is 0 Å². The summed E-state index contributed by atoms with van der Waals surface area (Å²) >= 11 is 0. The normalized spacial score (nSPS) is 43.5. The van der Waals surface area contributed by atoms with Crippen molar-refractivity contribution in [1.82, 2.24) is 0 Å². The van der Waals surface area contributed by atoms with Gasteiger partial charge in [-0.05, 0) is 85.0 Å². The molecule has 0 heterocycles. The van der Waals surface area contributed by atoms with Gasteiger partial charge in [-0.15, -0.1) is 0 Å². The third-order valence-corrected chi connectivity index (χ3v) is 12.6. The number of hydrogen-bond donors (Lipinski definition) is 3. The lowest BCUT2D eigenvalue weighted by Crippen LogP contribution is -2.72. The fraction of sp³-hybridized carbons (Fsp3) is 0.857. The lowest BCUT2D eigenvalue weighted by molar-refractivity contribution is -0.289. The summed E-state index contributed by atoms with van der Waals surface area (Å²) < 4.78 is 12.1. The molecule has 0 amide bonds. The molecular formula is C35H56O8. The number of ether oxygens (including phenoxy) is 2. The Morgan fingerprint density at radius 1 is 1.00 bits per heavy atom. The second-order valence-electron chi connectivity index (χ2n) is 15.7. The Hall–Kier alpha value is -1.93. The summed E-state index contributed by atoms with van der Waals surface area (Å²) in [6.45, 7) is 17.7.